The van der Waals surface area contributed by atoms with Crippen LogP contribution in [-0.2, 0) is 19.4 Å². The van der Waals surface area contributed by atoms with Crippen LogP contribution in [0.25, 0.3) is 0 Å². The summed E-state index contributed by atoms with van der Waals surface area (Å²) in [6.07, 6.45) is 3.86. The lowest BCUT2D eigenvalue weighted by molar-refractivity contribution is -0.127. The fourth-order valence-electron chi connectivity index (χ4n) is 2.78. The Morgan fingerprint density at radius 2 is 2.25 bits per heavy atom. The molecule has 2 saturated heterocycles. The van der Waals surface area contributed by atoms with Crippen LogP contribution in [0.2, 0.25) is 0 Å². The van der Waals surface area contributed by atoms with Crippen molar-refractivity contribution in [1.29, 1.82) is 5.26 Å². The molecule has 0 aliphatic carbocycles. The summed E-state index contributed by atoms with van der Waals surface area (Å²) < 4.78 is 22.7. The summed E-state index contributed by atoms with van der Waals surface area (Å²) in [5, 5.41) is 14.5. The summed E-state index contributed by atoms with van der Waals surface area (Å²) in [6, 6.07) is 1.55. The van der Waals surface area contributed by atoms with Crippen molar-refractivity contribution in [1.82, 2.24) is 15.5 Å². The van der Waals surface area contributed by atoms with Crippen molar-refractivity contribution in [3.05, 3.63) is 11.8 Å². The van der Waals surface area contributed by atoms with E-state index in [0.29, 0.717) is 32.4 Å². The van der Waals surface area contributed by atoms with Crippen molar-refractivity contribution in [3.8, 4) is 6.07 Å². The maximum Gasteiger partial charge on any atom is 0.263 e. The van der Waals surface area contributed by atoms with Crippen molar-refractivity contribution in [2.45, 2.75) is 31.7 Å². The van der Waals surface area contributed by atoms with E-state index < -0.39 is 15.7 Å². The summed E-state index contributed by atoms with van der Waals surface area (Å²) in [5.41, 5.74) is -0.0865. The highest BCUT2D eigenvalue weighted by molar-refractivity contribution is 7.91. The lowest BCUT2D eigenvalue weighted by Gasteiger charge is -2.15. The van der Waals surface area contributed by atoms with Crippen molar-refractivity contribution < 1.29 is 18.0 Å². The van der Waals surface area contributed by atoms with Gasteiger partial charge in [-0.2, -0.15) is 5.26 Å². The van der Waals surface area contributed by atoms with Gasteiger partial charge in [0.1, 0.15) is 11.6 Å². The summed E-state index contributed by atoms with van der Waals surface area (Å²) in [6.45, 7) is 1.74. The third-order valence-electron chi connectivity index (χ3n) is 4.12. The fourth-order valence-corrected chi connectivity index (χ4v) is 4.47. The minimum atomic E-state index is -3.01. The Kier molecular flexibility index (Phi) is 6.20. The van der Waals surface area contributed by atoms with Gasteiger partial charge in [-0.3, -0.25) is 9.59 Å². The van der Waals surface area contributed by atoms with Crippen molar-refractivity contribution in [2.24, 2.45) is 0 Å². The minimum Gasteiger partial charge on any atom is -0.386 e. The van der Waals surface area contributed by atoms with Gasteiger partial charge in [0.2, 0.25) is 5.91 Å². The molecule has 0 bridgehead atoms. The zero-order valence-electron chi connectivity index (χ0n) is 13.5. The molecule has 0 radical (unpaired) electrons. The first kappa shape index (κ1) is 18.3. The molecular weight excluding hydrogens is 332 g/mol. The molecule has 0 aromatic heterocycles. The van der Waals surface area contributed by atoms with Gasteiger partial charge < -0.3 is 15.5 Å². The molecule has 0 aromatic rings. The maximum atomic E-state index is 11.9. The molecule has 1 atom stereocenters. The monoisotopic (exact) mass is 354 g/mol. The van der Waals surface area contributed by atoms with Crippen molar-refractivity contribution >= 4 is 21.7 Å². The molecule has 2 rings (SSSR count). The van der Waals surface area contributed by atoms with Crippen LogP contribution in [0.4, 0.5) is 0 Å². The van der Waals surface area contributed by atoms with Crippen LogP contribution in [-0.4, -0.2) is 62.3 Å². The third-order valence-corrected chi connectivity index (χ3v) is 5.89. The zero-order chi connectivity index (χ0) is 17.6. The van der Waals surface area contributed by atoms with Gasteiger partial charge in [-0.05, 0) is 19.3 Å². The second-order valence-corrected chi connectivity index (χ2v) is 8.26. The third kappa shape index (κ3) is 5.23. The predicted molar refractivity (Wildman–Crippen MR) is 87.3 cm³/mol. The molecule has 2 aliphatic heterocycles. The van der Waals surface area contributed by atoms with Crippen LogP contribution < -0.4 is 10.6 Å². The van der Waals surface area contributed by atoms with E-state index in [-0.39, 0.29) is 29.0 Å². The molecular formula is C15H22N4O4S. The standard InChI is InChI=1S/C15H22N4O4S/c16-9-12(10-18-13-4-8-24(22,23)11-13)15(21)17-5-2-7-19-6-1-3-14(19)20/h10,13,18H,1-8,11H2,(H,17,21)/b12-10-. The van der Waals surface area contributed by atoms with E-state index in [1.807, 2.05) is 6.07 Å². The molecule has 2 fully saturated rings. The Labute approximate surface area is 141 Å². The second-order valence-electron chi connectivity index (χ2n) is 6.03. The molecule has 2 amide bonds. The largest absolute Gasteiger partial charge is 0.386 e. The lowest BCUT2D eigenvalue weighted by atomic mass is 10.2. The average Bonchev–Trinajstić information content (AvgIpc) is 3.09. The van der Waals surface area contributed by atoms with Gasteiger partial charge in [-0.15, -0.1) is 0 Å². The van der Waals surface area contributed by atoms with E-state index in [1.165, 1.54) is 6.20 Å². The molecule has 2 aliphatic rings. The normalized spacial score (nSPS) is 23.1. The van der Waals surface area contributed by atoms with Crippen LogP contribution in [0, 0.1) is 11.3 Å². The molecule has 0 spiro atoms. The van der Waals surface area contributed by atoms with Crippen LogP contribution >= 0.6 is 0 Å². The first-order valence-corrected chi connectivity index (χ1v) is 9.86. The van der Waals surface area contributed by atoms with Gasteiger partial charge in [-0.1, -0.05) is 0 Å². The minimum absolute atomic E-state index is 0.0215. The Morgan fingerprint density at radius 1 is 1.46 bits per heavy atom. The first-order chi connectivity index (χ1) is 11.4. The van der Waals surface area contributed by atoms with Gasteiger partial charge in [0.15, 0.2) is 9.84 Å². The molecule has 24 heavy (non-hydrogen) atoms. The van der Waals surface area contributed by atoms with E-state index in [2.05, 4.69) is 10.6 Å². The van der Waals surface area contributed by atoms with Gasteiger partial charge in [-0.25, -0.2) is 8.42 Å². The van der Waals surface area contributed by atoms with Crippen LogP contribution in [0.1, 0.15) is 25.7 Å². The van der Waals surface area contributed by atoms with Gasteiger partial charge >= 0.3 is 0 Å². The number of hydrogen-bond acceptors (Lipinski definition) is 6. The van der Waals surface area contributed by atoms with Crippen LogP contribution in [0.5, 0.6) is 0 Å². The van der Waals surface area contributed by atoms with Crippen molar-refractivity contribution in [2.75, 3.05) is 31.1 Å². The highest BCUT2D eigenvalue weighted by Crippen LogP contribution is 2.11. The Bertz CT molecular complexity index is 665. The summed E-state index contributed by atoms with van der Waals surface area (Å²) in [5.74, 6) is -0.205. The number of hydrogen-bond donors (Lipinski definition) is 2. The van der Waals surface area contributed by atoms with Crippen LogP contribution in [0.3, 0.4) is 0 Å². The van der Waals surface area contributed by atoms with E-state index in [1.54, 1.807) is 4.90 Å². The topological polar surface area (TPSA) is 119 Å². The molecule has 0 aromatic carbocycles. The molecule has 1 unspecified atom stereocenters. The number of sulfone groups is 1. The number of likely N-dealkylation sites (tertiary alicyclic amines) is 1. The number of rotatable bonds is 7. The smallest absolute Gasteiger partial charge is 0.263 e. The summed E-state index contributed by atoms with van der Waals surface area (Å²) >= 11 is 0. The molecule has 2 heterocycles. The number of nitriles is 1. The lowest BCUT2D eigenvalue weighted by Crippen LogP contribution is -2.32. The molecule has 0 saturated carbocycles. The van der Waals surface area contributed by atoms with Gasteiger partial charge in [0, 0.05) is 38.3 Å². The molecule has 9 heteroatoms. The van der Waals surface area contributed by atoms with E-state index in [9.17, 15) is 18.0 Å². The first-order valence-electron chi connectivity index (χ1n) is 8.04. The number of nitrogens with one attached hydrogen (secondary N) is 2. The predicted octanol–water partition coefficient (Wildman–Crippen LogP) is -0.701. The second kappa shape index (κ2) is 8.15. The number of carbonyl (C=O) groups is 2. The fraction of sp³-hybridized carbons (Fsp3) is 0.667. The van der Waals surface area contributed by atoms with Gasteiger partial charge in [0.05, 0.1) is 11.5 Å². The Balaban J connectivity index is 1.72. The number of carbonyl (C=O) groups excluding carboxylic acids is 2. The van der Waals surface area contributed by atoms with E-state index in [0.717, 1.165) is 13.0 Å². The van der Waals surface area contributed by atoms with Gasteiger partial charge in [0.25, 0.3) is 5.91 Å². The zero-order valence-corrected chi connectivity index (χ0v) is 14.3. The van der Waals surface area contributed by atoms with E-state index >= 15 is 0 Å². The Morgan fingerprint density at radius 3 is 2.83 bits per heavy atom. The summed E-state index contributed by atoms with van der Waals surface area (Å²) in [4.78, 5) is 25.1. The molecule has 8 nitrogen and oxygen atoms in total. The summed E-state index contributed by atoms with van der Waals surface area (Å²) in [7, 11) is -3.01. The SMILES string of the molecule is N#C/C(=C/NC1CCS(=O)(=O)C1)C(=O)NCCCN1CCCC1=O. The number of amides is 2. The quantitative estimate of drug-likeness (QED) is 0.354. The molecule has 2 N–H and O–H groups in total. The average molecular weight is 354 g/mol. The number of nitrogens with zero attached hydrogens (tertiary/aromatic N) is 2. The van der Waals surface area contributed by atoms with Crippen molar-refractivity contribution in [3.63, 3.8) is 0 Å². The Hall–Kier alpha value is -2.08. The highest BCUT2D eigenvalue weighted by Gasteiger charge is 2.27. The molecule has 132 valence electrons. The van der Waals surface area contributed by atoms with E-state index in [4.69, 9.17) is 5.26 Å². The maximum absolute atomic E-state index is 11.9. The highest BCUT2D eigenvalue weighted by atomic mass is 32.2. The van der Waals surface area contributed by atoms with Crippen LogP contribution in [0.15, 0.2) is 11.8 Å².